The van der Waals surface area contributed by atoms with Crippen LogP contribution < -0.4 is 16.8 Å². The molecule has 8 N–H and O–H groups in total. The zero-order valence-electron chi connectivity index (χ0n) is 14.6. The first-order valence-electron chi connectivity index (χ1n) is 8.64. The quantitative estimate of drug-likeness (QED) is 0.214. The van der Waals surface area contributed by atoms with Crippen LogP contribution in [0.4, 0.5) is 0 Å². The molecule has 0 radical (unpaired) electrons. The Kier molecular flexibility index (Phi) is 3.44. The zero-order chi connectivity index (χ0) is 19.8. The molecule has 4 rings (SSSR count). The second-order valence-electron chi connectivity index (χ2n) is 7.77. The van der Waals surface area contributed by atoms with Crippen LogP contribution in [0.3, 0.4) is 0 Å². The Morgan fingerprint density at radius 1 is 1.30 bits per heavy atom. The summed E-state index contributed by atoms with van der Waals surface area (Å²) in [5.74, 6) is -5.04. The van der Waals surface area contributed by atoms with Gasteiger partial charge >= 0.3 is 11.9 Å². The van der Waals surface area contributed by atoms with Crippen molar-refractivity contribution in [2.24, 2.45) is 26.9 Å². The fraction of sp³-hybridized carbons (Fsp3) is 0.733. The second-order valence-corrected chi connectivity index (χ2v) is 7.77. The number of carboxylic acids is 1. The van der Waals surface area contributed by atoms with Gasteiger partial charge in [0.2, 0.25) is 5.79 Å². The third-order valence-corrected chi connectivity index (χ3v) is 6.11. The number of ether oxygens (including phenoxy) is 1. The van der Waals surface area contributed by atoms with E-state index in [0.717, 1.165) is 6.42 Å². The molecule has 0 aromatic rings. The lowest BCUT2D eigenvalue weighted by Gasteiger charge is -2.47. The highest BCUT2D eigenvalue weighted by atomic mass is 16.6. The van der Waals surface area contributed by atoms with E-state index in [-0.39, 0.29) is 18.5 Å². The summed E-state index contributed by atoms with van der Waals surface area (Å²) in [4.78, 5) is 33.3. The number of rotatable bonds is 3. The highest BCUT2D eigenvalue weighted by Gasteiger charge is 2.75. The molecule has 0 amide bonds. The molecule has 12 heteroatoms. The molecule has 148 valence electrons. The van der Waals surface area contributed by atoms with Crippen LogP contribution in [-0.4, -0.2) is 80.3 Å². The minimum atomic E-state index is -2.72. The largest absolute Gasteiger partial charge is 0.480 e. The van der Waals surface area contributed by atoms with E-state index in [4.69, 9.17) is 16.2 Å². The highest BCUT2D eigenvalue weighted by Crippen LogP contribution is 2.47. The SMILES string of the molecule is CC1(C(=O)O[C@H]2CN3C(N)=N[C@@H](C(=O)O)[C@@H]4N=C(N)N[C@@]43C2(O)O)CCC1. The van der Waals surface area contributed by atoms with Gasteiger partial charge in [0.15, 0.2) is 29.7 Å². The summed E-state index contributed by atoms with van der Waals surface area (Å²) in [7, 11) is 0. The van der Waals surface area contributed by atoms with E-state index in [9.17, 15) is 24.9 Å². The summed E-state index contributed by atoms with van der Waals surface area (Å²) < 4.78 is 5.44. The van der Waals surface area contributed by atoms with Crippen molar-refractivity contribution in [2.45, 2.75) is 55.8 Å². The zero-order valence-corrected chi connectivity index (χ0v) is 14.6. The molecule has 1 saturated heterocycles. The molecule has 12 nitrogen and oxygen atoms in total. The van der Waals surface area contributed by atoms with E-state index in [1.54, 1.807) is 6.92 Å². The van der Waals surface area contributed by atoms with E-state index in [2.05, 4.69) is 15.3 Å². The molecule has 0 bridgehead atoms. The normalized spacial score (nSPS) is 37.9. The van der Waals surface area contributed by atoms with Crippen LogP contribution in [0.5, 0.6) is 0 Å². The summed E-state index contributed by atoms with van der Waals surface area (Å²) in [5, 5.41) is 34.1. The van der Waals surface area contributed by atoms with Crippen molar-refractivity contribution in [3.05, 3.63) is 0 Å². The van der Waals surface area contributed by atoms with Gasteiger partial charge in [0.05, 0.1) is 12.0 Å². The van der Waals surface area contributed by atoms with E-state index < -0.39 is 47.0 Å². The number of carboxylic acid groups (broad SMARTS) is 1. The summed E-state index contributed by atoms with van der Waals surface area (Å²) >= 11 is 0. The van der Waals surface area contributed by atoms with Crippen molar-refractivity contribution in [3.8, 4) is 0 Å². The number of hydrogen-bond acceptors (Lipinski definition) is 11. The number of esters is 1. The summed E-state index contributed by atoms with van der Waals surface area (Å²) in [6, 6.07) is -2.76. The molecule has 3 heterocycles. The van der Waals surface area contributed by atoms with Crippen molar-refractivity contribution in [1.29, 1.82) is 0 Å². The predicted octanol–water partition coefficient (Wildman–Crippen LogP) is -3.15. The highest BCUT2D eigenvalue weighted by molar-refractivity contribution is 5.91. The van der Waals surface area contributed by atoms with Gasteiger partial charge < -0.3 is 41.7 Å². The van der Waals surface area contributed by atoms with Crippen molar-refractivity contribution in [2.75, 3.05) is 6.54 Å². The third-order valence-electron chi connectivity index (χ3n) is 6.11. The van der Waals surface area contributed by atoms with E-state index in [1.807, 2.05) is 0 Å². The maximum absolute atomic E-state index is 12.5. The van der Waals surface area contributed by atoms with Gasteiger partial charge in [-0.1, -0.05) is 6.42 Å². The van der Waals surface area contributed by atoms with Gasteiger partial charge in [-0.3, -0.25) is 4.79 Å². The minimum Gasteiger partial charge on any atom is -0.480 e. The molecular weight excluding hydrogens is 360 g/mol. The smallest absolute Gasteiger partial charge is 0.331 e. The first kappa shape index (κ1) is 17.8. The second kappa shape index (κ2) is 5.23. The number of nitrogens with zero attached hydrogens (tertiary/aromatic N) is 3. The first-order chi connectivity index (χ1) is 12.5. The average molecular weight is 382 g/mol. The lowest BCUT2D eigenvalue weighted by atomic mass is 9.70. The molecule has 0 aromatic carbocycles. The predicted molar refractivity (Wildman–Crippen MR) is 90.0 cm³/mol. The average Bonchev–Trinajstić information content (AvgIpc) is 3.01. The van der Waals surface area contributed by atoms with E-state index in [0.29, 0.717) is 12.8 Å². The Balaban J connectivity index is 1.71. The minimum absolute atomic E-state index is 0.188. The van der Waals surface area contributed by atoms with Crippen LogP contribution in [0.1, 0.15) is 26.2 Å². The van der Waals surface area contributed by atoms with E-state index in [1.165, 1.54) is 4.90 Å². The molecule has 27 heavy (non-hydrogen) atoms. The summed E-state index contributed by atoms with van der Waals surface area (Å²) in [6.07, 6.45) is 0.793. The molecular formula is C15H22N6O6. The maximum atomic E-state index is 12.5. The Hall–Kier alpha value is -2.60. The van der Waals surface area contributed by atoms with Crippen LogP contribution in [0, 0.1) is 5.41 Å². The van der Waals surface area contributed by atoms with Gasteiger partial charge in [-0.2, -0.15) is 0 Å². The third kappa shape index (κ3) is 2.10. The number of nitrogens with two attached hydrogens (primary N) is 2. The van der Waals surface area contributed by atoms with E-state index >= 15 is 0 Å². The van der Waals surface area contributed by atoms with Crippen LogP contribution >= 0.6 is 0 Å². The maximum Gasteiger partial charge on any atom is 0.331 e. The first-order valence-corrected chi connectivity index (χ1v) is 8.64. The molecule has 2 fully saturated rings. The number of carbonyl (C=O) groups is 2. The molecule has 0 aromatic heterocycles. The van der Waals surface area contributed by atoms with Gasteiger partial charge in [0, 0.05) is 0 Å². The number of aliphatic imine (C=N–C) groups is 2. The summed E-state index contributed by atoms with van der Waals surface area (Å²) in [6.45, 7) is 1.55. The molecule has 4 atom stereocenters. The van der Waals surface area contributed by atoms with Crippen LogP contribution in [0.25, 0.3) is 0 Å². The Morgan fingerprint density at radius 2 is 1.96 bits per heavy atom. The van der Waals surface area contributed by atoms with Crippen molar-refractivity contribution in [1.82, 2.24) is 10.2 Å². The number of nitrogens with one attached hydrogen (secondary N) is 1. The van der Waals surface area contributed by atoms with Gasteiger partial charge in [-0.05, 0) is 19.8 Å². The monoisotopic (exact) mass is 382 g/mol. The molecule has 1 saturated carbocycles. The van der Waals surface area contributed by atoms with Gasteiger partial charge in [-0.25, -0.2) is 14.8 Å². The molecule has 0 unspecified atom stereocenters. The number of aliphatic carboxylic acids is 1. The van der Waals surface area contributed by atoms with Crippen LogP contribution in [0.2, 0.25) is 0 Å². The molecule has 4 aliphatic rings. The lowest BCUT2D eigenvalue weighted by molar-refractivity contribution is -0.265. The van der Waals surface area contributed by atoms with Crippen molar-refractivity contribution in [3.63, 3.8) is 0 Å². The number of carbonyl (C=O) groups excluding carboxylic acids is 1. The van der Waals surface area contributed by atoms with Gasteiger partial charge in [0.25, 0.3) is 0 Å². The fourth-order valence-electron chi connectivity index (χ4n) is 4.31. The van der Waals surface area contributed by atoms with Crippen molar-refractivity contribution < 1.29 is 29.6 Å². The fourth-order valence-corrected chi connectivity index (χ4v) is 4.31. The Bertz CT molecular complexity index is 777. The topological polar surface area (TPSA) is 196 Å². The number of aliphatic hydroxyl groups is 2. The number of guanidine groups is 2. The standard InChI is InChI=1S/C15H22N6O6/c1-13(3-2-4-13)10(24)27-6-5-21-12(17)18-7(9(22)23)8-14(21,15(6,25)26)20-11(16)19-8/h6-8,25-26H,2-5H2,1H3,(H2,17,18)(H,22,23)(H3,16,19,20)/t6-,7+,8-,14-/m0/s1. The van der Waals surface area contributed by atoms with Gasteiger partial charge in [0.1, 0.15) is 6.04 Å². The van der Waals surface area contributed by atoms with Crippen LogP contribution in [0.15, 0.2) is 9.98 Å². The van der Waals surface area contributed by atoms with Crippen LogP contribution in [-0.2, 0) is 14.3 Å². The summed E-state index contributed by atoms with van der Waals surface area (Å²) in [5.41, 5.74) is 9.04. The molecule has 3 aliphatic heterocycles. The molecule has 1 spiro atoms. The Morgan fingerprint density at radius 3 is 2.52 bits per heavy atom. The Labute approximate surface area is 153 Å². The molecule has 1 aliphatic carbocycles. The van der Waals surface area contributed by atoms with Gasteiger partial charge in [-0.15, -0.1) is 0 Å². The number of hydrogen-bond donors (Lipinski definition) is 6. The van der Waals surface area contributed by atoms with Crippen molar-refractivity contribution >= 4 is 23.9 Å². The lowest BCUT2D eigenvalue weighted by Crippen LogP contribution is -2.77.